The average Bonchev–Trinajstić information content (AvgIpc) is 3.25. The van der Waals surface area contributed by atoms with Crippen LogP contribution < -0.4 is 0 Å². The van der Waals surface area contributed by atoms with E-state index < -0.39 is 13.9 Å². The number of carbonyl (C=O) groups is 1. The van der Waals surface area contributed by atoms with E-state index in [2.05, 4.69) is 62.1 Å². The summed E-state index contributed by atoms with van der Waals surface area (Å²) in [6.07, 6.45) is 12.9. The molecule has 1 N–H and O–H groups in total. The van der Waals surface area contributed by atoms with E-state index >= 15 is 0 Å². The van der Waals surface area contributed by atoms with E-state index in [1.54, 1.807) is 11.9 Å². The Labute approximate surface area is 232 Å². The number of aromatic amines is 1. The Hall–Kier alpha value is -1.64. The van der Waals surface area contributed by atoms with Gasteiger partial charge in [0.25, 0.3) is 0 Å². The lowest BCUT2D eigenvalue weighted by Crippen LogP contribution is -2.50. The van der Waals surface area contributed by atoms with Crippen molar-refractivity contribution in [3.8, 4) is 0 Å². The number of nitrogens with zero attached hydrogens (tertiary/aromatic N) is 3. The predicted octanol–water partition coefficient (Wildman–Crippen LogP) is 7.23. The van der Waals surface area contributed by atoms with Crippen LogP contribution in [0.3, 0.4) is 0 Å². The smallest absolute Gasteiger partial charge is 0.410 e. The summed E-state index contributed by atoms with van der Waals surface area (Å²) in [6.45, 7) is 19.6. The lowest BCUT2D eigenvalue weighted by Gasteiger charge is -2.50. The zero-order valence-corrected chi connectivity index (χ0v) is 26.9. The Morgan fingerprint density at radius 2 is 1.76 bits per heavy atom. The molecule has 2 aliphatic rings. The van der Waals surface area contributed by atoms with Gasteiger partial charge in [-0.25, -0.2) is 4.79 Å². The summed E-state index contributed by atoms with van der Waals surface area (Å²) in [4.78, 5) is 16.2. The maximum Gasteiger partial charge on any atom is 0.410 e. The molecule has 1 aromatic heterocycles. The van der Waals surface area contributed by atoms with E-state index in [-0.39, 0.29) is 16.5 Å². The second-order valence-electron chi connectivity index (χ2n) is 14.3. The first-order valence-electron chi connectivity index (χ1n) is 14.6. The summed E-state index contributed by atoms with van der Waals surface area (Å²) in [5.74, 6) is 0. The van der Waals surface area contributed by atoms with E-state index in [1.165, 1.54) is 48.9 Å². The molecule has 0 bridgehead atoms. The van der Waals surface area contributed by atoms with Crippen LogP contribution in [0.5, 0.6) is 0 Å². The third-order valence-corrected chi connectivity index (χ3v) is 13.4. The summed E-state index contributed by atoms with van der Waals surface area (Å²) in [7, 11) is 2.04. The molecule has 0 aromatic carbocycles. The lowest BCUT2D eigenvalue weighted by atomic mass is 9.63. The summed E-state index contributed by atoms with van der Waals surface area (Å²) < 4.78 is 12.6. The summed E-state index contributed by atoms with van der Waals surface area (Å²) in [5, 5.41) is 8.01. The molecule has 1 unspecified atom stereocenters. The number of carbonyl (C=O) groups excluding carboxylic acids is 1. The van der Waals surface area contributed by atoms with E-state index in [9.17, 15) is 4.79 Å². The monoisotopic (exact) mass is 546 g/mol. The van der Waals surface area contributed by atoms with Crippen molar-refractivity contribution in [2.45, 2.75) is 123 Å². The molecule has 38 heavy (non-hydrogen) atoms. The number of H-pyrrole nitrogens is 1. The van der Waals surface area contributed by atoms with E-state index in [1.807, 2.05) is 27.0 Å². The standard InChI is InChI=1S/C30H54N4O3Si/c1-28(2,3)36-27(35)34(8)19-18-33(7)22-24-21-31-32-26(24)23-14-15-25(37-38(9,10)29(4,5)6)30(20-23)16-12-11-13-17-30/h14,21,25H,11-13,15-20,22H2,1-10H3,(H,31,32). The van der Waals surface area contributed by atoms with Crippen LogP contribution >= 0.6 is 0 Å². The van der Waals surface area contributed by atoms with Crippen molar-refractivity contribution in [1.82, 2.24) is 20.0 Å². The predicted molar refractivity (Wildman–Crippen MR) is 159 cm³/mol. The molecule has 8 heteroatoms. The van der Waals surface area contributed by atoms with Crippen molar-refractivity contribution in [1.29, 1.82) is 0 Å². The Morgan fingerprint density at radius 3 is 2.37 bits per heavy atom. The summed E-state index contributed by atoms with van der Waals surface area (Å²) in [5.41, 5.74) is 3.53. The van der Waals surface area contributed by atoms with Gasteiger partial charge in [0.15, 0.2) is 8.32 Å². The molecule has 1 spiro atoms. The van der Waals surface area contributed by atoms with Gasteiger partial charge in [-0.2, -0.15) is 5.10 Å². The largest absolute Gasteiger partial charge is 0.444 e. The minimum atomic E-state index is -1.86. The minimum Gasteiger partial charge on any atom is -0.444 e. The molecule has 1 fully saturated rings. The SMILES string of the molecule is CN(CCN(C)C(=O)OC(C)(C)C)Cc1cn[nH]c1C1=CCC(O[Si](C)(C)C(C)(C)C)C2(CCCCC2)C1. The fourth-order valence-corrected chi connectivity index (χ4v) is 6.96. The molecule has 216 valence electrons. The van der Waals surface area contributed by atoms with Crippen molar-refractivity contribution < 1.29 is 14.0 Å². The van der Waals surface area contributed by atoms with Gasteiger partial charge in [-0.1, -0.05) is 46.1 Å². The maximum atomic E-state index is 12.3. The first kappa shape index (κ1) is 30.9. The molecule has 1 aromatic rings. The van der Waals surface area contributed by atoms with Gasteiger partial charge in [0, 0.05) is 32.2 Å². The van der Waals surface area contributed by atoms with E-state index in [0.29, 0.717) is 12.6 Å². The maximum absolute atomic E-state index is 12.3. The zero-order chi connectivity index (χ0) is 28.4. The second kappa shape index (κ2) is 11.8. The Kier molecular flexibility index (Phi) is 9.63. The Balaban J connectivity index is 1.70. The third kappa shape index (κ3) is 7.72. The number of hydrogen-bond acceptors (Lipinski definition) is 5. The Morgan fingerprint density at radius 1 is 1.11 bits per heavy atom. The highest BCUT2D eigenvalue weighted by Gasteiger charge is 2.48. The van der Waals surface area contributed by atoms with Crippen LogP contribution in [0.15, 0.2) is 12.3 Å². The minimum absolute atomic E-state index is 0.214. The highest BCUT2D eigenvalue weighted by Crippen LogP contribution is 2.53. The summed E-state index contributed by atoms with van der Waals surface area (Å²) in [6, 6.07) is 0. The fraction of sp³-hybridized carbons (Fsp3) is 0.800. The topological polar surface area (TPSA) is 70.7 Å². The van der Waals surface area contributed by atoms with Gasteiger partial charge in [-0.05, 0) is 82.6 Å². The zero-order valence-electron chi connectivity index (χ0n) is 25.9. The fourth-order valence-electron chi connectivity index (χ4n) is 5.55. The van der Waals surface area contributed by atoms with Gasteiger partial charge >= 0.3 is 6.09 Å². The molecule has 0 radical (unpaired) electrons. The molecule has 1 saturated carbocycles. The number of hydrogen-bond donors (Lipinski definition) is 1. The Bertz CT molecular complexity index is 967. The molecule has 7 nitrogen and oxygen atoms in total. The van der Waals surface area contributed by atoms with Crippen molar-refractivity contribution in [3.05, 3.63) is 23.5 Å². The highest BCUT2D eigenvalue weighted by atomic mass is 28.4. The molecular weight excluding hydrogens is 492 g/mol. The molecular formula is C30H54N4O3Si. The molecule has 0 aliphatic heterocycles. The number of nitrogens with one attached hydrogen (secondary N) is 1. The van der Waals surface area contributed by atoms with Crippen LogP contribution in [-0.2, 0) is 15.7 Å². The highest BCUT2D eigenvalue weighted by molar-refractivity contribution is 6.74. The first-order valence-corrected chi connectivity index (χ1v) is 17.5. The van der Waals surface area contributed by atoms with Crippen LogP contribution in [0.2, 0.25) is 18.1 Å². The van der Waals surface area contributed by atoms with Gasteiger partial charge in [0.2, 0.25) is 0 Å². The average molecular weight is 547 g/mol. The number of amides is 1. The molecule has 1 amide bonds. The van der Waals surface area contributed by atoms with Crippen molar-refractivity contribution in [2.75, 3.05) is 27.2 Å². The quantitative estimate of drug-likeness (QED) is 0.348. The van der Waals surface area contributed by atoms with Crippen LogP contribution in [0.4, 0.5) is 4.79 Å². The molecule has 3 rings (SSSR count). The lowest BCUT2D eigenvalue weighted by molar-refractivity contribution is 0.00600. The van der Waals surface area contributed by atoms with Crippen molar-refractivity contribution in [2.24, 2.45) is 5.41 Å². The first-order chi connectivity index (χ1) is 17.5. The number of likely N-dealkylation sites (N-methyl/N-ethyl adjacent to an activating group) is 2. The van der Waals surface area contributed by atoms with Crippen LogP contribution in [-0.4, -0.2) is 73.3 Å². The van der Waals surface area contributed by atoms with Crippen LogP contribution in [0.1, 0.15) is 97.7 Å². The van der Waals surface area contributed by atoms with Gasteiger partial charge in [0.05, 0.1) is 18.0 Å². The van der Waals surface area contributed by atoms with Crippen molar-refractivity contribution in [3.63, 3.8) is 0 Å². The van der Waals surface area contributed by atoms with Crippen LogP contribution in [0.25, 0.3) is 5.57 Å². The van der Waals surface area contributed by atoms with Gasteiger partial charge in [-0.3, -0.25) is 5.10 Å². The normalized spacial score (nSPS) is 20.5. The number of ether oxygens (including phenoxy) is 1. The van der Waals surface area contributed by atoms with Gasteiger partial charge in [-0.15, -0.1) is 0 Å². The van der Waals surface area contributed by atoms with Gasteiger partial charge < -0.3 is 19.0 Å². The van der Waals surface area contributed by atoms with E-state index in [0.717, 1.165) is 25.9 Å². The van der Waals surface area contributed by atoms with Crippen molar-refractivity contribution >= 4 is 20.0 Å². The molecule has 2 aliphatic carbocycles. The van der Waals surface area contributed by atoms with Crippen LogP contribution in [0, 0.1) is 5.41 Å². The van der Waals surface area contributed by atoms with Gasteiger partial charge in [0.1, 0.15) is 5.60 Å². The molecule has 1 atom stereocenters. The van der Waals surface area contributed by atoms with E-state index in [4.69, 9.17) is 9.16 Å². The second-order valence-corrected chi connectivity index (χ2v) is 19.1. The summed E-state index contributed by atoms with van der Waals surface area (Å²) >= 11 is 0. The number of aromatic nitrogens is 2. The number of rotatable bonds is 8. The third-order valence-electron chi connectivity index (χ3n) is 8.90. The molecule has 1 heterocycles. The number of allylic oxidation sites excluding steroid dienone is 1. The molecule has 0 saturated heterocycles.